The monoisotopic (exact) mass is 412 g/mol. The molecule has 0 aliphatic rings. The SMILES string of the molecule is COc1ccc(OC)c(C(C)NC(=O)N(C)C(C)c2ccc(Cl)cc2)c1.Cl. The van der Waals surface area contributed by atoms with E-state index in [2.05, 4.69) is 5.32 Å². The molecule has 2 amide bonds. The molecule has 7 heteroatoms. The van der Waals surface area contributed by atoms with E-state index in [0.717, 1.165) is 11.1 Å². The zero-order valence-electron chi connectivity index (χ0n) is 16.2. The van der Waals surface area contributed by atoms with Crippen LogP contribution >= 0.6 is 24.0 Å². The van der Waals surface area contributed by atoms with E-state index in [1.807, 2.05) is 56.3 Å². The van der Waals surface area contributed by atoms with Crippen molar-refractivity contribution in [1.29, 1.82) is 0 Å². The third kappa shape index (κ3) is 5.68. The van der Waals surface area contributed by atoms with Gasteiger partial charge < -0.3 is 19.7 Å². The third-order valence-corrected chi connectivity index (χ3v) is 4.75. The van der Waals surface area contributed by atoms with Crippen molar-refractivity contribution in [3.8, 4) is 11.5 Å². The molecule has 1 N–H and O–H groups in total. The first-order valence-electron chi connectivity index (χ1n) is 8.38. The zero-order chi connectivity index (χ0) is 19.3. The molecule has 0 aliphatic heterocycles. The highest BCUT2D eigenvalue weighted by Crippen LogP contribution is 2.29. The summed E-state index contributed by atoms with van der Waals surface area (Å²) in [6.45, 7) is 3.88. The van der Waals surface area contributed by atoms with Crippen LogP contribution in [0.5, 0.6) is 11.5 Å². The van der Waals surface area contributed by atoms with Crippen LogP contribution in [0.25, 0.3) is 0 Å². The van der Waals surface area contributed by atoms with Crippen LogP contribution in [0.1, 0.15) is 37.1 Å². The molecule has 2 atom stereocenters. The highest BCUT2D eigenvalue weighted by molar-refractivity contribution is 6.30. The van der Waals surface area contributed by atoms with Crippen molar-refractivity contribution in [1.82, 2.24) is 10.2 Å². The summed E-state index contributed by atoms with van der Waals surface area (Å²) in [4.78, 5) is 14.3. The zero-order valence-corrected chi connectivity index (χ0v) is 17.7. The minimum absolute atomic E-state index is 0. The number of carbonyl (C=O) groups is 1. The first-order chi connectivity index (χ1) is 12.4. The van der Waals surface area contributed by atoms with Crippen LogP contribution in [-0.4, -0.2) is 32.2 Å². The van der Waals surface area contributed by atoms with E-state index in [-0.39, 0.29) is 30.5 Å². The molecular formula is C20H26Cl2N2O3. The number of halogens is 2. The highest BCUT2D eigenvalue weighted by Gasteiger charge is 2.21. The Hall–Kier alpha value is -2.11. The van der Waals surface area contributed by atoms with Crippen molar-refractivity contribution in [3.63, 3.8) is 0 Å². The lowest BCUT2D eigenvalue weighted by atomic mass is 10.1. The summed E-state index contributed by atoms with van der Waals surface area (Å²) in [6.07, 6.45) is 0. The summed E-state index contributed by atoms with van der Waals surface area (Å²) in [5, 5.41) is 3.68. The summed E-state index contributed by atoms with van der Waals surface area (Å²) in [5.74, 6) is 1.41. The lowest BCUT2D eigenvalue weighted by Gasteiger charge is -2.28. The fraction of sp³-hybridized carbons (Fsp3) is 0.350. The second-order valence-electron chi connectivity index (χ2n) is 6.12. The van der Waals surface area contributed by atoms with Crippen molar-refractivity contribution >= 4 is 30.0 Å². The average Bonchev–Trinajstić information content (AvgIpc) is 2.66. The molecular weight excluding hydrogens is 387 g/mol. The number of hydrogen-bond donors (Lipinski definition) is 1. The molecule has 27 heavy (non-hydrogen) atoms. The second-order valence-corrected chi connectivity index (χ2v) is 6.55. The third-order valence-electron chi connectivity index (χ3n) is 4.50. The van der Waals surface area contributed by atoms with E-state index in [1.165, 1.54) is 0 Å². The van der Waals surface area contributed by atoms with E-state index in [0.29, 0.717) is 16.5 Å². The molecule has 2 aromatic rings. The number of rotatable bonds is 6. The van der Waals surface area contributed by atoms with Crippen molar-refractivity contribution in [2.45, 2.75) is 25.9 Å². The van der Waals surface area contributed by atoms with Crippen molar-refractivity contribution in [2.24, 2.45) is 0 Å². The Kier molecular flexibility index (Phi) is 8.73. The lowest BCUT2D eigenvalue weighted by Crippen LogP contribution is -2.40. The van der Waals surface area contributed by atoms with E-state index in [9.17, 15) is 4.79 Å². The van der Waals surface area contributed by atoms with Gasteiger partial charge in [0, 0.05) is 17.6 Å². The lowest BCUT2D eigenvalue weighted by molar-refractivity contribution is 0.191. The van der Waals surface area contributed by atoms with Gasteiger partial charge in [0.05, 0.1) is 26.3 Å². The number of benzene rings is 2. The molecule has 148 valence electrons. The van der Waals surface area contributed by atoms with E-state index in [1.54, 1.807) is 26.2 Å². The van der Waals surface area contributed by atoms with Crippen LogP contribution in [0.2, 0.25) is 5.02 Å². The number of hydrogen-bond acceptors (Lipinski definition) is 3. The van der Waals surface area contributed by atoms with E-state index < -0.39 is 0 Å². The number of ether oxygens (including phenoxy) is 2. The summed E-state index contributed by atoms with van der Waals surface area (Å²) in [5.41, 5.74) is 1.87. The Morgan fingerprint density at radius 3 is 2.26 bits per heavy atom. The quantitative estimate of drug-likeness (QED) is 0.705. The van der Waals surface area contributed by atoms with Gasteiger partial charge in [-0.25, -0.2) is 4.79 Å². The van der Waals surface area contributed by atoms with Crippen LogP contribution in [0, 0.1) is 0 Å². The maximum Gasteiger partial charge on any atom is 0.318 e. The molecule has 2 rings (SSSR count). The molecule has 5 nitrogen and oxygen atoms in total. The molecule has 0 heterocycles. The number of urea groups is 1. The molecule has 0 saturated carbocycles. The smallest absolute Gasteiger partial charge is 0.318 e. The standard InChI is InChI=1S/C20H25ClN2O3.ClH/c1-13(18-12-17(25-4)10-11-19(18)26-5)22-20(24)23(3)14(2)15-6-8-16(21)9-7-15;/h6-14H,1-5H3,(H,22,24);1H. The Bertz CT molecular complexity index is 753. The molecule has 2 aromatic carbocycles. The van der Waals surface area contributed by atoms with Crippen LogP contribution in [0.15, 0.2) is 42.5 Å². The molecule has 0 saturated heterocycles. The van der Waals surface area contributed by atoms with Crippen LogP contribution in [0.3, 0.4) is 0 Å². The normalized spacial score (nSPS) is 12.4. The molecule has 0 radical (unpaired) electrons. The van der Waals surface area contributed by atoms with Gasteiger partial charge in [0.25, 0.3) is 0 Å². The summed E-state index contributed by atoms with van der Waals surface area (Å²) in [7, 11) is 4.98. The summed E-state index contributed by atoms with van der Waals surface area (Å²) >= 11 is 5.93. The first kappa shape index (κ1) is 22.9. The minimum Gasteiger partial charge on any atom is -0.497 e. The molecule has 0 aromatic heterocycles. The first-order valence-corrected chi connectivity index (χ1v) is 8.75. The number of carbonyl (C=O) groups excluding carboxylic acids is 1. The van der Waals surface area contributed by atoms with Gasteiger partial charge in [-0.3, -0.25) is 0 Å². The Labute approximate surface area is 172 Å². The summed E-state index contributed by atoms with van der Waals surface area (Å²) in [6, 6.07) is 12.5. The van der Waals surface area contributed by atoms with Gasteiger partial charge in [-0.15, -0.1) is 12.4 Å². The van der Waals surface area contributed by atoms with Crippen molar-refractivity contribution in [2.75, 3.05) is 21.3 Å². The van der Waals surface area contributed by atoms with Crippen LogP contribution in [-0.2, 0) is 0 Å². The maximum atomic E-state index is 12.7. The van der Waals surface area contributed by atoms with Crippen LogP contribution < -0.4 is 14.8 Å². The average molecular weight is 413 g/mol. The predicted octanol–water partition coefficient (Wildman–Crippen LogP) is 5.24. The minimum atomic E-state index is -0.243. The largest absolute Gasteiger partial charge is 0.497 e. The highest BCUT2D eigenvalue weighted by atomic mass is 35.5. The molecule has 0 fully saturated rings. The summed E-state index contributed by atoms with van der Waals surface area (Å²) < 4.78 is 10.7. The second kappa shape index (κ2) is 10.3. The van der Waals surface area contributed by atoms with Gasteiger partial charge in [-0.2, -0.15) is 0 Å². The van der Waals surface area contributed by atoms with Crippen LogP contribution in [0.4, 0.5) is 4.79 Å². The predicted molar refractivity (Wildman–Crippen MR) is 111 cm³/mol. The molecule has 2 unspecified atom stereocenters. The number of nitrogens with one attached hydrogen (secondary N) is 1. The number of nitrogens with zero attached hydrogens (tertiary/aromatic N) is 1. The van der Waals surface area contributed by atoms with Crippen molar-refractivity contribution < 1.29 is 14.3 Å². The molecule has 0 aliphatic carbocycles. The van der Waals surface area contributed by atoms with Gasteiger partial charge in [0.1, 0.15) is 11.5 Å². The van der Waals surface area contributed by atoms with Gasteiger partial charge >= 0.3 is 6.03 Å². The van der Waals surface area contributed by atoms with E-state index in [4.69, 9.17) is 21.1 Å². The van der Waals surface area contributed by atoms with E-state index >= 15 is 0 Å². The Morgan fingerprint density at radius 1 is 1.07 bits per heavy atom. The number of amides is 2. The van der Waals surface area contributed by atoms with Gasteiger partial charge in [0.15, 0.2) is 0 Å². The van der Waals surface area contributed by atoms with Gasteiger partial charge in [-0.1, -0.05) is 23.7 Å². The number of methoxy groups -OCH3 is 2. The van der Waals surface area contributed by atoms with Gasteiger partial charge in [-0.05, 0) is 49.7 Å². The fourth-order valence-corrected chi connectivity index (χ4v) is 2.81. The Morgan fingerprint density at radius 2 is 1.70 bits per heavy atom. The fourth-order valence-electron chi connectivity index (χ4n) is 2.68. The Balaban J connectivity index is 0.00000364. The molecule has 0 spiro atoms. The van der Waals surface area contributed by atoms with Gasteiger partial charge in [0.2, 0.25) is 0 Å². The van der Waals surface area contributed by atoms with Crippen molar-refractivity contribution in [3.05, 3.63) is 58.6 Å². The maximum absolute atomic E-state index is 12.7. The molecule has 0 bridgehead atoms. The topological polar surface area (TPSA) is 50.8 Å².